The molecule has 1 heterocycles. The Hall–Kier alpha value is -2.21. The Balaban J connectivity index is 2.22. The summed E-state index contributed by atoms with van der Waals surface area (Å²) in [6.07, 6.45) is 0. The molecule has 0 saturated carbocycles. The van der Waals surface area contributed by atoms with Gasteiger partial charge in [0.2, 0.25) is 0 Å². The summed E-state index contributed by atoms with van der Waals surface area (Å²) in [5.41, 5.74) is 7.11. The first-order valence-electron chi connectivity index (χ1n) is 5.55. The number of halogens is 4. The molecule has 0 atom stereocenters. The molecule has 0 amide bonds. The molecule has 0 radical (unpaired) electrons. The number of nitrogens with two attached hydrogens (primary N) is 1. The highest BCUT2D eigenvalue weighted by atomic mass is 35.5. The molecule has 0 spiro atoms. The molecule has 3 aromatic rings. The van der Waals surface area contributed by atoms with Gasteiger partial charge < -0.3 is 10.7 Å². The van der Waals surface area contributed by atoms with Crippen LogP contribution in [0.2, 0.25) is 5.02 Å². The van der Waals surface area contributed by atoms with Crippen LogP contribution >= 0.6 is 11.6 Å². The average Bonchev–Trinajstić information content (AvgIpc) is 2.79. The van der Waals surface area contributed by atoms with E-state index in [1.165, 1.54) is 6.07 Å². The second kappa shape index (κ2) is 4.42. The van der Waals surface area contributed by atoms with E-state index in [0.29, 0.717) is 21.7 Å². The molecule has 20 heavy (non-hydrogen) atoms. The summed E-state index contributed by atoms with van der Waals surface area (Å²) in [5, 5.41) is 0.404. The number of aromatic amines is 1. The molecule has 102 valence electrons. The average molecular weight is 298 g/mol. The van der Waals surface area contributed by atoms with Gasteiger partial charge in [-0.1, -0.05) is 11.6 Å². The van der Waals surface area contributed by atoms with Gasteiger partial charge in [-0.3, -0.25) is 0 Å². The summed E-state index contributed by atoms with van der Waals surface area (Å²) in [6.45, 7) is 0. The zero-order valence-electron chi connectivity index (χ0n) is 9.85. The van der Waals surface area contributed by atoms with Gasteiger partial charge in [-0.05, 0) is 24.3 Å². The van der Waals surface area contributed by atoms with Crippen molar-refractivity contribution >= 4 is 28.3 Å². The van der Waals surface area contributed by atoms with Gasteiger partial charge in [-0.2, -0.15) is 0 Å². The number of aromatic nitrogens is 2. The monoisotopic (exact) mass is 297 g/mol. The zero-order valence-corrected chi connectivity index (χ0v) is 10.6. The van der Waals surface area contributed by atoms with Crippen LogP contribution in [-0.4, -0.2) is 9.97 Å². The molecule has 2 aromatic carbocycles. The van der Waals surface area contributed by atoms with Gasteiger partial charge in [0.25, 0.3) is 0 Å². The Kier molecular flexibility index (Phi) is 2.83. The third-order valence-electron chi connectivity index (χ3n) is 2.84. The normalized spacial score (nSPS) is 11.2. The number of rotatable bonds is 1. The number of nitrogen functional groups attached to an aromatic ring is 1. The highest BCUT2D eigenvalue weighted by molar-refractivity contribution is 6.31. The van der Waals surface area contributed by atoms with Crippen LogP contribution in [0.3, 0.4) is 0 Å². The highest BCUT2D eigenvalue weighted by Crippen LogP contribution is 2.28. The Labute approximate surface area is 116 Å². The van der Waals surface area contributed by atoms with Crippen LogP contribution in [-0.2, 0) is 0 Å². The minimum absolute atomic E-state index is 0.0770. The predicted octanol–water partition coefficient (Wildman–Crippen LogP) is 3.88. The molecule has 7 heteroatoms. The predicted molar refractivity (Wildman–Crippen MR) is 70.8 cm³/mol. The maximum Gasteiger partial charge on any atom is 0.194 e. The van der Waals surface area contributed by atoms with E-state index in [2.05, 4.69) is 9.97 Å². The summed E-state index contributed by atoms with van der Waals surface area (Å²) in [6, 6.07) is 4.81. The maximum atomic E-state index is 13.2. The summed E-state index contributed by atoms with van der Waals surface area (Å²) < 4.78 is 39.4. The number of anilines is 1. The van der Waals surface area contributed by atoms with E-state index in [-0.39, 0.29) is 11.4 Å². The van der Waals surface area contributed by atoms with E-state index in [1.807, 2.05) is 0 Å². The largest absolute Gasteiger partial charge is 0.397 e. The molecule has 0 saturated heterocycles. The van der Waals surface area contributed by atoms with Crippen LogP contribution in [0.4, 0.5) is 18.9 Å². The van der Waals surface area contributed by atoms with Crippen molar-refractivity contribution in [2.75, 3.05) is 5.73 Å². The van der Waals surface area contributed by atoms with E-state index >= 15 is 0 Å². The number of H-pyrrole nitrogens is 1. The summed E-state index contributed by atoms with van der Waals surface area (Å²) >= 11 is 5.85. The first-order chi connectivity index (χ1) is 9.45. The van der Waals surface area contributed by atoms with Crippen LogP contribution in [0.5, 0.6) is 0 Å². The van der Waals surface area contributed by atoms with Crippen molar-refractivity contribution in [3.63, 3.8) is 0 Å². The number of hydrogen-bond donors (Lipinski definition) is 2. The Morgan fingerprint density at radius 1 is 1.05 bits per heavy atom. The standard InChI is InChI=1S/C13H7ClF3N3/c14-6-3-9(18)12-10(4-6)19-13(20-12)5-1-7(15)11(17)8(16)2-5/h1-4H,18H2,(H,19,20). The fourth-order valence-corrected chi connectivity index (χ4v) is 2.16. The second-order valence-electron chi connectivity index (χ2n) is 4.23. The smallest absolute Gasteiger partial charge is 0.194 e. The second-order valence-corrected chi connectivity index (χ2v) is 4.67. The molecular formula is C13H7ClF3N3. The summed E-state index contributed by atoms with van der Waals surface area (Å²) in [5.74, 6) is -3.92. The lowest BCUT2D eigenvalue weighted by Crippen LogP contribution is -1.92. The molecule has 0 bridgehead atoms. The van der Waals surface area contributed by atoms with Crippen LogP contribution in [0, 0.1) is 17.5 Å². The van der Waals surface area contributed by atoms with Crippen molar-refractivity contribution in [1.29, 1.82) is 0 Å². The van der Waals surface area contributed by atoms with E-state index in [0.717, 1.165) is 12.1 Å². The highest BCUT2D eigenvalue weighted by Gasteiger charge is 2.15. The first kappa shape index (κ1) is 12.8. The molecule has 0 aliphatic carbocycles. The van der Waals surface area contributed by atoms with Crippen molar-refractivity contribution in [3.8, 4) is 11.4 Å². The minimum Gasteiger partial charge on any atom is -0.397 e. The van der Waals surface area contributed by atoms with Crippen molar-refractivity contribution in [1.82, 2.24) is 9.97 Å². The molecular weight excluding hydrogens is 291 g/mol. The molecule has 3 nitrogen and oxygen atoms in total. The third-order valence-corrected chi connectivity index (χ3v) is 3.06. The fourth-order valence-electron chi connectivity index (χ4n) is 1.94. The number of fused-ring (bicyclic) bond motifs is 1. The topological polar surface area (TPSA) is 54.7 Å². The van der Waals surface area contributed by atoms with Crippen molar-refractivity contribution < 1.29 is 13.2 Å². The van der Waals surface area contributed by atoms with Gasteiger partial charge in [0.15, 0.2) is 17.5 Å². The number of hydrogen-bond acceptors (Lipinski definition) is 2. The van der Waals surface area contributed by atoms with Gasteiger partial charge in [-0.25, -0.2) is 18.2 Å². The molecule has 3 N–H and O–H groups in total. The fraction of sp³-hybridized carbons (Fsp3) is 0. The van der Waals surface area contributed by atoms with Crippen molar-refractivity contribution in [3.05, 3.63) is 46.7 Å². The Bertz CT molecular complexity index is 806. The van der Waals surface area contributed by atoms with E-state index in [1.54, 1.807) is 6.07 Å². The quantitative estimate of drug-likeness (QED) is 0.529. The van der Waals surface area contributed by atoms with Crippen LogP contribution in [0.15, 0.2) is 24.3 Å². The molecule has 0 aliphatic rings. The van der Waals surface area contributed by atoms with Gasteiger partial charge in [0, 0.05) is 10.6 Å². The van der Waals surface area contributed by atoms with Gasteiger partial charge >= 0.3 is 0 Å². The van der Waals surface area contributed by atoms with E-state index in [4.69, 9.17) is 17.3 Å². The number of imidazole rings is 1. The first-order valence-corrected chi connectivity index (χ1v) is 5.93. The summed E-state index contributed by atoms with van der Waals surface area (Å²) in [7, 11) is 0. The molecule has 1 aromatic heterocycles. The van der Waals surface area contributed by atoms with Crippen molar-refractivity contribution in [2.24, 2.45) is 0 Å². The van der Waals surface area contributed by atoms with Crippen LogP contribution < -0.4 is 5.73 Å². The van der Waals surface area contributed by atoms with E-state index in [9.17, 15) is 13.2 Å². The zero-order chi connectivity index (χ0) is 14.4. The Morgan fingerprint density at radius 2 is 1.70 bits per heavy atom. The number of benzene rings is 2. The van der Waals surface area contributed by atoms with Crippen LogP contribution in [0.25, 0.3) is 22.4 Å². The van der Waals surface area contributed by atoms with Gasteiger partial charge in [-0.15, -0.1) is 0 Å². The molecule has 0 aliphatic heterocycles. The van der Waals surface area contributed by atoms with Gasteiger partial charge in [0.05, 0.1) is 11.2 Å². The minimum atomic E-state index is -1.52. The van der Waals surface area contributed by atoms with E-state index < -0.39 is 17.5 Å². The molecule has 0 unspecified atom stereocenters. The number of nitrogens with zero attached hydrogens (tertiary/aromatic N) is 1. The summed E-state index contributed by atoms with van der Waals surface area (Å²) in [4.78, 5) is 6.98. The van der Waals surface area contributed by atoms with Crippen LogP contribution in [0.1, 0.15) is 0 Å². The maximum absolute atomic E-state index is 13.2. The SMILES string of the molecule is Nc1cc(Cl)cc2[nH]c(-c3cc(F)c(F)c(F)c3)nc12. The lowest BCUT2D eigenvalue weighted by Gasteiger charge is -1.99. The third kappa shape index (κ3) is 1.98. The van der Waals surface area contributed by atoms with Gasteiger partial charge in [0.1, 0.15) is 11.3 Å². The lowest BCUT2D eigenvalue weighted by molar-refractivity contribution is 0.447. The molecule has 3 rings (SSSR count). The van der Waals surface area contributed by atoms with Crippen molar-refractivity contribution in [2.45, 2.75) is 0 Å². The Morgan fingerprint density at radius 3 is 2.35 bits per heavy atom. The molecule has 0 fully saturated rings. The lowest BCUT2D eigenvalue weighted by atomic mass is 10.2. The number of nitrogens with one attached hydrogen (secondary N) is 1.